The van der Waals surface area contributed by atoms with E-state index >= 15 is 0 Å². The van der Waals surface area contributed by atoms with Crippen molar-refractivity contribution in [3.05, 3.63) is 40.2 Å². The Labute approximate surface area is 120 Å². The van der Waals surface area contributed by atoms with Crippen molar-refractivity contribution >= 4 is 16.9 Å². The molecule has 0 unspecified atom stereocenters. The number of rotatable bonds is 2. The molecule has 0 atom stereocenters. The van der Waals surface area contributed by atoms with E-state index in [1.165, 1.54) is 7.11 Å². The number of hydrogen-bond donors (Lipinski definition) is 0. The van der Waals surface area contributed by atoms with Crippen molar-refractivity contribution in [3.63, 3.8) is 0 Å². The van der Waals surface area contributed by atoms with Crippen molar-refractivity contribution in [1.82, 2.24) is 4.90 Å². The van der Waals surface area contributed by atoms with E-state index in [9.17, 15) is 9.59 Å². The standard InChI is InChI=1S/C15H15NO5/c1-19-12-4-2-3-10-9-11(15(18)21-13(10)12)14(17)16-5-7-20-8-6-16/h2-4,9H,5-8H2,1H3. The summed E-state index contributed by atoms with van der Waals surface area (Å²) in [6.07, 6.45) is 0. The molecule has 110 valence electrons. The Balaban J connectivity index is 2.05. The second kappa shape index (κ2) is 5.57. The number of hydrogen-bond acceptors (Lipinski definition) is 5. The zero-order valence-electron chi connectivity index (χ0n) is 11.6. The zero-order chi connectivity index (χ0) is 14.8. The molecule has 2 heterocycles. The van der Waals surface area contributed by atoms with Gasteiger partial charge in [-0.15, -0.1) is 0 Å². The number of carbonyl (C=O) groups is 1. The maximum atomic E-state index is 12.4. The summed E-state index contributed by atoms with van der Waals surface area (Å²) in [7, 11) is 1.50. The number of benzene rings is 1. The van der Waals surface area contributed by atoms with Crippen molar-refractivity contribution in [2.75, 3.05) is 33.4 Å². The Morgan fingerprint density at radius 2 is 2.05 bits per heavy atom. The fourth-order valence-corrected chi connectivity index (χ4v) is 2.36. The van der Waals surface area contributed by atoms with Gasteiger partial charge < -0.3 is 18.8 Å². The summed E-state index contributed by atoms with van der Waals surface area (Å²) in [6.45, 7) is 1.93. The number of para-hydroxylation sites is 1. The Morgan fingerprint density at radius 1 is 1.29 bits per heavy atom. The molecule has 6 heteroatoms. The average molecular weight is 289 g/mol. The summed E-state index contributed by atoms with van der Waals surface area (Å²) in [6, 6.07) is 6.82. The van der Waals surface area contributed by atoms with Crippen LogP contribution in [-0.4, -0.2) is 44.2 Å². The van der Waals surface area contributed by atoms with Crippen LogP contribution in [0.4, 0.5) is 0 Å². The molecule has 1 amide bonds. The van der Waals surface area contributed by atoms with Crippen molar-refractivity contribution in [1.29, 1.82) is 0 Å². The predicted octanol–water partition coefficient (Wildman–Crippen LogP) is 1.27. The molecule has 0 aliphatic carbocycles. The van der Waals surface area contributed by atoms with E-state index in [-0.39, 0.29) is 11.5 Å². The minimum atomic E-state index is -0.650. The minimum Gasteiger partial charge on any atom is -0.493 e. The van der Waals surface area contributed by atoms with Crippen LogP contribution in [0.25, 0.3) is 11.0 Å². The van der Waals surface area contributed by atoms with Crippen molar-refractivity contribution in [2.24, 2.45) is 0 Å². The number of fused-ring (bicyclic) bond motifs is 1. The van der Waals surface area contributed by atoms with E-state index < -0.39 is 5.63 Å². The Kier molecular flexibility index (Phi) is 3.62. The van der Waals surface area contributed by atoms with Crippen LogP contribution in [0, 0.1) is 0 Å². The fourth-order valence-electron chi connectivity index (χ4n) is 2.36. The van der Waals surface area contributed by atoms with Crippen LogP contribution < -0.4 is 10.4 Å². The topological polar surface area (TPSA) is 69.0 Å². The Hall–Kier alpha value is -2.34. The largest absolute Gasteiger partial charge is 0.493 e. The molecule has 0 radical (unpaired) electrons. The fraction of sp³-hybridized carbons (Fsp3) is 0.333. The smallest absolute Gasteiger partial charge is 0.349 e. The summed E-state index contributed by atoms with van der Waals surface area (Å²) >= 11 is 0. The third-order valence-electron chi connectivity index (χ3n) is 3.47. The number of nitrogens with zero attached hydrogens (tertiary/aromatic N) is 1. The first-order valence-corrected chi connectivity index (χ1v) is 6.68. The number of ether oxygens (including phenoxy) is 2. The Morgan fingerprint density at radius 3 is 2.76 bits per heavy atom. The highest BCUT2D eigenvalue weighted by molar-refractivity contribution is 5.97. The molecule has 2 aromatic rings. The molecule has 3 rings (SSSR count). The van der Waals surface area contributed by atoms with E-state index in [1.54, 1.807) is 29.2 Å². The first kappa shape index (κ1) is 13.6. The van der Waals surface area contributed by atoms with Gasteiger partial charge in [-0.1, -0.05) is 12.1 Å². The lowest BCUT2D eigenvalue weighted by Gasteiger charge is -2.26. The maximum Gasteiger partial charge on any atom is 0.349 e. The van der Waals surface area contributed by atoms with Gasteiger partial charge in [0.2, 0.25) is 0 Å². The summed E-state index contributed by atoms with van der Waals surface area (Å²) in [5, 5.41) is 0.658. The average Bonchev–Trinajstić information content (AvgIpc) is 2.54. The zero-order valence-corrected chi connectivity index (χ0v) is 11.6. The molecule has 1 aliphatic heterocycles. The van der Waals surface area contributed by atoms with Gasteiger partial charge in [0.05, 0.1) is 20.3 Å². The summed E-state index contributed by atoms with van der Waals surface area (Å²) in [4.78, 5) is 26.1. The number of amides is 1. The van der Waals surface area contributed by atoms with Crippen molar-refractivity contribution in [2.45, 2.75) is 0 Å². The molecular weight excluding hydrogens is 274 g/mol. The highest BCUT2D eigenvalue weighted by Crippen LogP contribution is 2.24. The summed E-state index contributed by atoms with van der Waals surface area (Å²) in [5.74, 6) is 0.145. The first-order chi connectivity index (χ1) is 10.2. The van der Waals surface area contributed by atoms with Gasteiger partial charge in [-0.05, 0) is 12.1 Å². The van der Waals surface area contributed by atoms with E-state index in [4.69, 9.17) is 13.9 Å². The minimum absolute atomic E-state index is 0.0395. The second-order valence-corrected chi connectivity index (χ2v) is 4.73. The van der Waals surface area contributed by atoms with Gasteiger partial charge >= 0.3 is 5.63 Å². The van der Waals surface area contributed by atoms with Crippen LogP contribution in [-0.2, 0) is 4.74 Å². The third-order valence-corrected chi connectivity index (χ3v) is 3.47. The normalized spacial score (nSPS) is 15.2. The monoisotopic (exact) mass is 289 g/mol. The van der Waals surface area contributed by atoms with E-state index in [1.807, 2.05) is 0 Å². The number of carbonyl (C=O) groups excluding carboxylic acids is 1. The van der Waals surface area contributed by atoms with Crippen molar-refractivity contribution in [3.8, 4) is 5.75 Å². The van der Waals surface area contributed by atoms with E-state index in [0.29, 0.717) is 43.0 Å². The molecule has 0 N–H and O–H groups in total. The molecule has 21 heavy (non-hydrogen) atoms. The molecule has 1 aromatic heterocycles. The van der Waals surface area contributed by atoms with Gasteiger partial charge in [-0.25, -0.2) is 4.79 Å². The van der Waals surface area contributed by atoms with Crippen LogP contribution in [0.5, 0.6) is 5.75 Å². The van der Waals surface area contributed by atoms with Gasteiger partial charge in [0.25, 0.3) is 5.91 Å². The lowest BCUT2D eigenvalue weighted by Crippen LogP contribution is -2.42. The SMILES string of the molecule is COc1cccc2cc(C(=O)N3CCOCC3)c(=O)oc12. The number of methoxy groups -OCH3 is 1. The highest BCUT2D eigenvalue weighted by Gasteiger charge is 2.22. The van der Waals surface area contributed by atoms with Gasteiger partial charge in [0, 0.05) is 18.5 Å². The van der Waals surface area contributed by atoms with Gasteiger partial charge in [-0.3, -0.25) is 4.79 Å². The molecule has 6 nitrogen and oxygen atoms in total. The molecule has 1 saturated heterocycles. The van der Waals surface area contributed by atoms with Crippen LogP contribution in [0.15, 0.2) is 33.5 Å². The molecule has 1 aliphatic rings. The van der Waals surface area contributed by atoms with Crippen LogP contribution in [0.1, 0.15) is 10.4 Å². The van der Waals surface area contributed by atoms with E-state index in [0.717, 1.165) is 0 Å². The lowest BCUT2D eigenvalue weighted by atomic mass is 10.1. The molecule has 0 spiro atoms. The van der Waals surface area contributed by atoms with Crippen LogP contribution in [0.3, 0.4) is 0 Å². The maximum absolute atomic E-state index is 12.4. The predicted molar refractivity (Wildman–Crippen MR) is 75.8 cm³/mol. The molecule has 1 aromatic carbocycles. The van der Waals surface area contributed by atoms with Gasteiger partial charge in [-0.2, -0.15) is 0 Å². The van der Waals surface area contributed by atoms with Gasteiger partial charge in [0.1, 0.15) is 5.56 Å². The third kappa shape index (κ3) is 2.50. The lowest BCUT2D eigenvalue weighted by molar-refractivity contribution is 0.0300. The van der Waals surface area contributed by atoms with Gasteiger partial charge in [0.15, 0.2) is 11.3 Å². The second-order valence-electron chi connectivity index (χ2n) is 4.73. The summed E-state index contributed by atoms with van der Waals surface area (Å²) < 4.78 is 15.6. The number of morpholine rings is 1. The van der Waals surface area contributed by atoms with Crippen LogP contribution in [0.2, 0.25) is 0 Å². The van der Waals surface area contributed by atoms with Crippen molar-refractivity contribution < 1.29 is 18.7 Å². The van der Waals surface area contributed by atoms with Crippen LogP contribution >= 0.6 is 0 Å². The quantitative estimate of drug-likeness (QED) is 0.779. The molecule has 1 fully saturated rings. The van der Waals surface area contributed by atoms with E-state index in [2.05, 4.69) is 0 Å². The first-order valence-electron chi connectivity index (χ1n) is 6.68. The Bertz CT molecular complexity index is 730. The molecule has 0 bridgehead atoms. The highest BCUT2D eigenvalue weighted by atomic mass is 16.5. The molecular formula is C15H15NO5. The summed E-state index contributed by atoms with van der Waals surface area (Å²) in [5.41, 5.74) is -0.260. The molecule has 0 saturated carbocycles.